The minimum Gasteiger partial charge on any atom is -0.493 e. The lowest BCUT2D eigenvalue weighted by Crippen LogP contribution is -2.12. The van der Waals surface area contributed by atoms with Gasteiger partial charge < -0.3 is 14.8 Å². The van der Waals surface area contributed by atoms with Crippen LogP contribution in [0, 0.1) is 5.92 Å². The fraction of sp³-hybridized carbons (Fsp3) is 0.227. The van der Waals surface area contributed by atoms with E-state index in [0.717, 1.165) is 16.5 Å². The molecule has 26 heavy (non-hydrogen) atoms. The van der Waals surface area contributed by atoms with E-state index in [1.165, 1.54) is 0 Å². The number of anilines is 1. The molecule has 0 heterocycles. The van der Waals surface area contributed by atoms with Crippen LogP contribution in [0.5, 0.6) is 11.5 Å². The van der Waals surface area contributed by atoms with Crippen LogP contribution < -0.4 is 14.8 Å². The zero-order valence-electron chi connectivity index (χ0n) is 15.3. The molecule has 0 saturated carbocycles. The number of hydrogen-bond acceptors (Lipinski definition) is 3. The molecule has 0 aromatic heterocycles. The van der Waals surface area contributed by atoms with Crippen LogP contribution in [-0.2, 0) is 0 Å². The number of carbonyl (C=O) groups excluding carboxylic acids is 1. The van der Waals surface area contributed by atoms with E-state index in [4.69, 9.17) is 9.47 Å². The van der Waals surface area contributed by atoms with Crippen molar-refractivity contribution in [1.82, 2.24) is 0 Å². The van der Waals surface area contributed by atoms with Gasteiger partial charge in [0, 0.05) is 11.3 Å². The molecule has 0 fully saturated rings. The number of rotatable bonds is 6. The van der Waals surface area contributed by atoms with Crippen LogP contribution in [0.1, 0.15) is 24.2 Å². The molecule has 3 rings (SSSR count). The second kappa shape index (κ2) is 7.91. The van der Waals surface area contributed by atoms with E-state index in [1.54, 1.807) is 25.3 Å². The molecule has 1 amide bonds. The maximum atomic E-state index is 12.6. The number of hydrogen-bond donors (Lipinski definition) is 1. The SMILES string of the molecule is COc1cc(C(=O)Nc2ccc3ccccc3c2)ccc1OCC(C)C. The van der Waals surface area contributed by atoms with Crippen molar-refractivity contribution in [3.8, 4) is 11.5 Å². The molecule has 0 aliphatic carbocycles. The summed E-state index contributed by atoms with van der Waals surface area (Å²) in [5.74, 6) is 1.42. The lowest BCUT2D eigenvalue weighted by Gasteiger charge is -2.13. The summed E-state index contributed by atoms with van der Waals surface area (Å²) in [4.78, 5) is 12.6. The molecule has 0 unspecified atom stereocenters. The largest absolute Gasteiger partial charge is 0.493 e. The Bertz CT molecular complexity index is 918. The van der Waals surface area contributed by atoms with Crippen molar-refractivity contribution in [3.63, 3.8) is 0 Å². The number of fused-ring (bicyclic) bond motifs is 1. The molecule has 4 heteroatoms. The molecule has 0 spiro atoms. The molecule has 4 nitrogen and oxygen atoms in total. The van der Waals surface area contributed by atoms with E-state index in [2.05, 4.69) is 19.2 Å². The Labute approximate surface area is 153 Å². The molecule has 134 valence electrons. The van der Waals surface area contributed by atoms with Crippen molar-refractivity contribution in [2.45, 2.75) is 13.8 Å². The van der Waals surface area contributed by atoms with Crippen LogP contribution >= 0.6 is 0 Å². The maximum Gasteiger partial charge on any atom is 0.255 e. The van der Waals surface area contributed by atoms with Crippen molar-refractivity contribution >= 4 is 22.4 Å². The summed E-state index contributed by atoms with van der Waals surface area (Å²) in [7, 11) is 1.57. The standard InChI is InChI=1S/C22H23NO3/c1-15(2)14-26-20-11-9-18(13-21(20)25-3)22(24)23-19-10-8-16-6-4-5-7-17(16)12-19/h4-13,15H,14H2,1-3H3,(H,23,24). The van der Waals surface area contributed by atoms with Crippen LogP contribution in [0.4, 0.5) is 5.69 Å². The molecule has 3 aromatic carbocycles. The predicted molar refractivity (Wildman–Crippen MR) is 105 cm³/mol. The van der Waals surface area contributed by atoms with Gasteiger partial charge in [-0.05, 0) is 47.0 Å². The third kappa shape index (κ3) is 4.14. The normalized spacial score (nSPS) is 10.8. The van der Waals surface area contributed by atoms with Gasteiger partial charge in [-0.25, -0.2) is 0 Å². The molecule has 0 bridgehead atoms. The number of amides is 1. The average molecular weight is 349 g/mol. The summed E-state index contributed by atoms with van der Waals surface area (Å²) in [6.45, 7) is 4.76. The molecule has 3 aromatic rings. The van der Waals surface area contributed by atoms with Gasteiger partial charge in [-0.2, -0.15) is 0 Å². The first-order valence-corrected chi connectivity index (χ1v) is 8.68. The van der Waals surface area contributed by atoms with Gasteiger partial charge in [0.05, 0.1) is 13.7 Å². The third-order valence-electron chi connectivity index (χ3n) is 4.01. The van der Waals surface area contributed by atoms with Gasteiger partial charge in [-0.15, -0.1) is 0 Å². The molecule has 0 radical (unpaired) electrons. The van der Waals surface area contributed by atoms with Crippen LogP contribution in [0.2, 0.25) is 0 Å². The monoisotopic (exact) mass is 349 g/mol. The second-order valence-electron chi connectivity index (χ2n) is 6.59. The summed E-state index contributed by atoms with van der Waals surface area (Å²) in [6.07, 6.45) is 0. The van der Waals surface area contributed by atoms with Gasteiger partial charge in [0.15, 0.2) is 11.5 Å². The predicted octanol–water partition coefficient (Wildman–Crippen LogP) is 5.14. The lowest BCUT2D eigenvalue weighted by molar-refractivity contribution is 0.102. The highest BCUT2D eigenvalue weighted by Crippen LogP contribution is 2.29. The van der Waals surface area contributed by atoms with Gasteiger partial charge in [0.25, 0.3) is 5.91 Å². The van der Waals surface area contributed by atoms with Crippen LogP contribution in [-0.4, -0.2) is 19.6 Å². The second-order valence-corrected chi connectivity index (χ2v) is 6.59. The quantitative estimate of drug-likeness (QED) is 0.670. The van der Waals surface area contributed by atoms with Gasteiger partial charge in [0.1, 0.15) is 0 Å². The van der Waals surface area contributed by atoms with Crippen LogP contribution in [0.15, 0.2) is 60.7 Å². The minimum atomic E-state index is -0.186. The molecule has 0 aliphatic rings. The molecular weight excluding hydrogens is 326 g/mol. The summed E-state index contributed by atoms with van der Waals surface area (Å²) in [6, 6.07) is 19.1. The average Bonchev–Trinajstić information content (AvgIpc) is 2.66. The number of methoxy groups -OCH3 is 1. The summed E-state index contributed by atoms with van der Waals surface area (Å²) in [5, 5.41) is 5.16. The van der Waals surface area contributed by atoms with Gasteiger partial charge in [-0.3, -0.25) is 4.79 Å². The number of carbonyl (C=O) groups is 1. The van der Waals surface area contributed by atoms with E-state index in [0.29, 0.717) is 29.6 Å². The Balaban J connectivity index is 1.77. The zero-order chi connectivity index (χ0) is 18.5. The fourth-order valence-electron chi connectivity index (χ4n) is 2.65. The highest BCUT2D eigenvalue weighted by molar-refractivity contribution is 6.05. The van der Waals surface area contributed by atoms with Crippen LogP contribution in [0.3, 0.4) is 0 Å². The lowest BCUT2D eigenvalue weighted by atomic mass is 10.1. The summed E-state index contributed by atoms with van der Waals surface area (Å²) < 4.78 is 11.1. The topological polar surface area (TPSA) is 47.6 Å². The zero-order valence-corrected chi connectivity index (χ0v) is 15.3. The van der Waals surface area contributed by atoms with E-state index in [1.807, 2.05) is 42.5 Å². The number of benzene rings is 3. The van der Waals surface area contributed by atoms with E-state index < -0.39 is 0 Å². The Kier molecular flexibility index (Phi) is 5.42. The first-order valence-electron chi connectivity index (χ1n) is 8.68. The number of nitrogens with one attached hydrogen (secondary N) is 1. The highest BCUT2D eigenvalue weighted by Gasteiger charge is 2.12. The van der Waals surface area contributed by atoms with Crippen molar-refractivity contribution in [2.24, 2.45) is 5.92 Å². The van der Waals surface area contributed by atoms with E-state index in [-0.39, 0.29) is 5.91 Å². The molecule has 0 saturated heterocycles. The minimum absolute atomic E-state index is 0.186. The first kappa shape index (κ1) is 17.8. The van der Waals surface area contributed by atoms with Crippen molar-refractivity contribution in [3.05, 3.63) is 66.2 Å². The Morgan fingerprint density at radius 3 is 2.46 bits per heavy atom. The summed E-state index contributed by atoms with van der Waals surface area (Å²) >= 11 is 0. The Morgan fingerprint density at radius 2 is 1.73 bits per heavy atom. The van der Waals surface area contributed by atoms with Gasteiger partial charge in [-0.1, -0.05) is 44.2 Å². The van der Waals surface area contributed by atoms with E-state index >= 15 is 0 Å². The van der Waals surface area contributed by atoms with Gasteiger partial charge in [0.2, 0.25) is 0 Å². The summed E-state index contributed by atoms with van der Waals surface area (Å²) in [5.41, 5.74) is 1.28. The van der Waals surface area contributed by atoms with E-state index in [9.17, 15) is 4.79 Å². The highest BCUT2D eigenvalue weighted by atomic mass is 16.5. The van der Waals surface area contributed by atoms with Gasteiger partial charge >= 0.3 is 0 Å². The number of ether oxygens (including phenoxy) is 2. The van der Waals surface area contributed by atoms with Crippen LogP contribution in [0.25, 0.3) is 10.8 Å². The first-order chi connectivity index (χ1) is 12.6. The Hall–Kier alpha value is -3.01. The smallest absolute Gasteiger partial charge is 0.255 e. The third-order valence-corrected chi connectivity index (χ3v) is 4.01. The molecule has 1 N–H and O–H groups in total. The molecular formula is C22H23NO3. The fourth-order valence-corrected chi connectivity index (χ4v) is 2.65. The Morgan fingerprint density at radius 1 is 0.962 bits per heavy atom. The van der Waals surface area contributed by atoms with Crippen molar-refractivity contribution in [1.29, 1.82) is 0 Å². The van der Waals surface area contributed by atoms with Crippen molar-refractivity contribution < 1.29 is 14.3 Å². The maximum absolute atomic E-state index is 12.6. The van der Waals surface area contributed by atoms with Crippen molar-refractivity contribution in [2.75, 3.05) is 19.0 Å². The molecule has 0 atom stereocenters. The molecule has 0 aliphatic heterocycles.